The molecule has 0 spiro atoms. The number of hydrogen-bond acceptors (Lipinski definition) is 9. The van der Waals surface area contributed by atoms with Crippen molar-refractivity contribution in [1.29, 1.82) is 0 Å². The van der Waals surface area contributed by atoms with Crippen LogP contribution < -0.4 is 14.9 Å². The largest absolute Gasteiger partial charge is 0.434 e. The molecule has 0 saturated carbocycles. The van der Waals surface area contributed by atoms with Gasteiger partial charge < -0.3 is 14.4 Å². The number of para-hydroxylation sites is 3. The maximum Gasteiger partial charge on any atom is 0.332 e. The fraction of sp³-hybridized carbons (Fsp3) is 0.0500. The minimum atomic E-state index is -0.469. The van der Waals surface area contributed by atoms with Crippen LogP contribution in [-0.2, 0) is 19.1 Å². The van der Waals surface area contributed by atoms with E-state index in [4.69, 9.17) is 9.47 Å². The maximum atomic E-state index is 12.2. The van der Waals surface area contributed by atoms with Gasteiger partial charge >= 0.3 is 11.9 Å². The summed E-state index contributed by atoms with van der Waals surface area (Å²) in [6.45, 7) is 6.77. The van der Waals surface area contributed by atoms with Crippen LogP contribution in [0.4, 0.5) is 28.4 Å². The summed E-state index contributed by atoms with van der Waals surface area (Å²) in [4.78, 5) is 26.5. The van der Waals surface area contributed by atoms with Gasteiger partial charge in [-0.1, -0.05) is 92.0 Å². The predicted octanol–water partition coefficient (Wildman–Crippen LogP) is 8.21. The molecule has 0 N–H and O–H groups in total. The van der Waals surface area contributed by atoms with Crippen molar-refractivity contribution >= 4 is 52.8 Å². The summed E-state index contributed by atoms with van der Waals surface area (Å²) in [6, 6.07) is 44.8. The molecule has 0 aliphatic carbocycles. The quantitative estimate of drug-likeness (QED) is 0.0489. The second-order valence-corrected chi connectivity index (χ2v) is 10.4. The van der Waals surface area contributed by atoms with Crippen LogP contribution in [0.25, 0.3) is 0 Å². The highest BCUT2D eigenvalue weighted by Crippen LogP contribution is 2.34. The van der Waals surface area contributed by atoms with Gasteiger partial charge in [-0.25, -0.2) is 9.59 Å². The Morgan fingerprint density at radius 1 is 0.490 bits per heavy atom. The van der Waals surface area contributed by atoms with Gasteiger partial charge in [-0.2, -0.15) is 10.2 Å². The number of hydrogen-bond donors (Lipinski definition) is 0. The van der Waals surface area contributed by atoms with Gasteiger partial charge in [0.2, 0.25) is 0 Å². The second kappa shape index (κ2) is 17.3. The molecule has 0 aromatic heterocycles. The Labute approximate surface area is 285 Å². The van der Waals surface area contributed by atoms with Crippen molar-refractivity contribution in [3.05, 3.63) is 176 Å². The van der Waals surface area contributed by atoms with Crippen LogP contribution in [0.15, 0.2) is 175 Å². The minimum Gasteiger partial charge on any atom is -0.434 e. The molecule has 0 fully saturated rings. The third-order valence-electron chi connectivity index (χ3n) is 7.11. The molecule has 0 aliphatic heterocycles. The number of carbonyl (C=O) groups excluding carboxylic acids is 2. The average Bonchev–Trinajstić information content (AvgIpc) is 3.14. The van der Waals surface area contributed by atoms with Crippen molar-refractivity contribution < 1.29 is 19.1 Å². The number of benzene rings is 5. The van der Waals surface area contributed by atoms with Crippen LogP contribution in [0, 0.1) is 0 Å². The Balaban J connectivity index is 1.37. The lowest BCUT2D eigenvalue weighted by molar-refractivity contribution is -0.137. The average molecular weight is 650 g/mol. The molecule has 49 heavy (non-hydrogen) atoms. The zero-order valence-electron chi connectivity index (χ0n) is 26.8. The van der Waals surface area contributed by atoms with Crippen LogP contribution in [-0.4, -0.2) is 37.5 Å². The monoisotopic (exact) mass is 649 g/mol. The fourth-order valence-corrected chi connectivity index (χ4v) is 4.82. The topological polar surface area (TPSA) is 87.0 Å². The van der Waals surface area contributed by atoms with Crippen molar-refractivity contribution in [2.45, 2.75) is 0 Å². The van der Waals surface area contributed by atoms with Gasteiger partial charge in [-0.3, -0.25) is 10.0 Å². The van der Waals surface area contributed by atoms with E-state index in [2.05, 4.69) is 28.3 Å². The van der Waals surface area contributed by atoms with Crippen LogP contribution in [0.5, 0.6) is 0 Å². The maximum absolute atomic E-state index is 12.2. The summed E-state index contributed by atoms with van der Waals surface area (Å²) < 4.78 is 9.84. The highest BCUT2D eigenvalue weighted by molar-refractivity contribution is 5.86. The van der Waals surface area contributed by atoms with E-state index in [0.29, 0.717) is 0 Å². The first kappa shape index (κ1) is 33.6. The summed E-state index contributed by atoms with van der Waals surface area (Å²) >= 11 is 0. The van der Waals surface area contributed by atoms with Crippen LogP contribution in [0.3, 0.4) is 0 Å². The highest BCUT2D eigenvalue weighted by Gasteiger charge is 2.14. The molecule has 9 nitrogen and oxygen atoms in total. The van der Waals surface area contributed by atoms with E-state index in [0.717, 1.165) is 52.1 Å². The normalized spacial score (nSPS) is 10.8. The van der Waals surface area contributed by atoms with Crippen molar-refractivity contribution in [3.8, 4) is 0 Å². The molecule has 5 aromatic rings. The van der Waals surface area contributed by atoms with E-state index in [1.54, 1.807) is 22.4 Å². The van der Waals surface area contributed by atoms with Crippen LogP contribution in [0.2, 0.25) is 0 Å². The lowest BCUT2D eigenvalue weighted by Crippen LogP contribution is -2.25. The number of carbonyl (C=O) groups is 2. The first-order valence-corrected chi connectivity index (χ1v) is 15.4. The molecule has 0 bridgehead atoms. The standard InChI is InChI=1S/C40H35N5O4/c1-3-48-39(46)30-43(34-14-8-5-9-15-34)41-28-32-20-24-37(25-21-32)45(36-18-12-7-13-19-36)38-26-22-33(23-27-38)29-42-44(31-40(47)49-4-2)35-16-10-6-11-17-35/h3-29H,1-2,30-31H2. The molecule has 5 rings (SSSR count). The molecule has 244 valence electrons. The number of anilines is 5. The molecule has 0 amide bonds. The van der Waals surface area contributed by atoms with Gasteiger partial charge in [-0.15, -0.1) is 0 Å². The van der Waals surface area contributed by atoms with E-state index < -0.39 is 11.9 Å². The Morgan fingerprint density at radius 2 is 0.816 bits per heavy atom. The number of nitrogens with zero attached hydrogens (tertiary/aromatic N) is 5. The zero-order valence-corrected chi connectivity index (χ0v) is 26.8. The van der Waals surface area contributed by atoms with Crippen molar-refractivity contribution in [2.24, 2.45) is 10.2 Å². The summed E-state index contributed by atoms with van der Waals surface area (Å²) in [5.41, 5.74) is 6.07. The molecule has 0 unspecified atom stereocenters. The summed E-state index contributed by atoms with van der Waals surface area (Å²) in [7, 11) is 0. The summed E-state index contributed by atoms with van der Waals surface area (Å²) in [6.07, 6.45) is 5.63. The molecule has 0 atom stereocenters. The molecule has 9 heteroatoms. The molecule has 0 heterocycles. The van der Waals surface area contributed by atoms with Crippen LogP contribution in [0.1, 0.15) is 11.1 Å². The highest BCUT2D eigenvalue weighted by atomic mass is 16.5. The summed E-state index contributed by atoms with van der Waals surface area (Å²) in [5.74, 6) is -0.937. The summed E-state index contributed by atoms with van der Waals surface area (Å²) in [5, 5.41) is 12.3. The Hall–Kier alpha value is -6.74. The third-order valence-corrected chi connectivity index (χ3v) is 7.11. The van der Waals surface area contributed by atoms with Gasteiger partial charge in [0.1, 0.15) is 13.1 Å². The smallest absolute Gasteiger partial charge is 0.332 e. The zero-order chi connectivity index (χ0) is 34.3. The second-order valence-electron chi connectivity index (χ2n) is 10.4. The van der Waals surface area contributed by atoms with Gasteiger partial charge in [0.25, 0.3) is 0 Å². The first-order valence-electron chi connectivity index (χ1n) is 15.4. The van der Waals surface area contributed by atoms with Gasteiger partial charge in [0.15, 0.2) is 0 Å². The number of esters is 2. The first-order chi connectivity index (χ1) is 24.0. The molecule has 5 aromatic carbocycles. The molecule has 0 radical (unpaired) electrons. The molecular weight excluding hydrogens is 614 g/mol. The Morgan fingerprint density at radius 3 is 1.16 bits per heavy atom. The SMILES string of the molecule is C=COC(=O)CN(N=Cc1ccc(N(c2ccccc2)c2ccc(C=NN(CC(=O)OC=C)c3ccccc3)cc2)cc1)c1ccccc1. The minimum absolute atomic E-state index is 0.0702. The number of rotatable bonds is 15. The lowest BCUT2D eigenvalue weighted by Gasteiger charge is -2.25. The van der Waals surface area contributed by atoms with Gasteiger partial charge in [0.05, 0.1) is 36.3 Å². The Kier molecular flexibility index (Phi) is 11.8. The van der Waals surface area contributed by atoms with Crippen molar-refractivity contribution in [1.82, 2.24) is 0 Å². The fourth-order valence-electron chi connectivity index (χ4n) is 4.82. The van der Waals surface area contributed by atoms with Crippen molar-refractivity contribution in [3.63, 3.8) is 0 Å². The van der Waals surface area contributed by atoms with E-state index in [1.165, 1.54) is 0 Å². The van der Waals surface area contributed by atoms with Crippen molar-refractivity contribution in [2.75, 3.05) is 28.0 Å². The molecular formula is C40H35N5O4. The van der Waals surface area contributed by atoms with E-state index in [-0.39, 0.29) is 13.1 Å². The van der Waals surface area contributed by atoms with Gasteiger partial charge in [-0.05, 0) is 71.8 Å². The van der Waals surface area contributed by atoms with E-state index in [1.807, 2.05) is 140 Å². The predicted molar refractivity (Wildman–Crippen MR) is 196 cm³/mol. The van der Waals surface area contributed by atoms with Gasteiger partial charge in [0, 0.05) is 17.1 Å². The van der Waals surface area contributed by atoms with Crippen LogP contribution >= 0.6 is 0 Å². The lowest BCUT2D eigenvalue weighted by atomic mass is 10.1. The van der Waals surface area contributed by atoms with E-state index in [9.17, 15) is 9.59 Å². The molecule has 0 aliphatic rings. The number of hydrazone groups is 2. The molecule has 0 saturated heterocycles. The third kappa shape index (κ3) is 9.63. The van der Waals surface area contributed by atoms with E-state index >= 15 is 0 Å². The number of ether oxygens (including phenoxy) is 2. The Bertz CT molecular complexity index is 1760.